The molecule has 2 rings (SSSR count). The topological polar surface area (TPSA) is 42.2 Å². The quantitative estimate of drug-likeness (QED) is 0.738. The number of anilines is 1. The van der Waals surface area contributed by atoms with Gasteiger partial charge in [0.25, 0.3) is 0 Å². The standard InChI is InChI=1S/C16H26N4/c1-13(2)8-6-4-5-7-9-17-16-15-12-14(3)19-20(15)11-10-18-16/h10-13H,4-9H2,1-3H3,(H,17,18). The third-order valence-corrected chi connectivity index (χ3v) is 3.51. The number of aromatic nitrogens is 3. The fourth-order valence-corrected chi connectivity index (χ4v) is 2.42. The van der Waals surface area contributed by atoms with Gasteiger partial charge in [0, 0.05) is 18.9 Å². The van der Waals surface area contributed by atoms with E-state index in [-0.39, 0.29) is 0 Å². The number of rotatable bonds is 8. The molecule has 2 aromatic rings. The van der Waals surface area contributed by atoms with Crippen LogP contribution in [0, 0.1) is 12.8 Å². The highest BCUT2D eigenvalue weighted by molar-refractivity contribution is 5.67. The van der Waals surface area contributed by atoms with Gasteiger partial charge in [-0.3, -0.25) is 0 Å². The minimum atomic E-state index is 0.833. The van der Waals surface area contributed by atoms with Gasteiger partial charge in [-0.15, -0.1) is 0 Å². The molecular formula is C16H26N4. The third kappa shape index (κ3) is 4.22. The Balaban J connectivity index is 1.73. The van der Waals surface area contributed by atoms with E-state index in [1.807, 2.05) is 17.6 Å². The number of aryl methyl sites for hydroxylation is 1. The van der Waals surface area contributed by atoms with E-state index in [4.69, 9.17) is 0 Å². The average Bonchev–Trinajstić information content (AvgIpc) is 2.78. The maximum Gasteiger partial charge on any atom is 0.152 e. The van der Waals surface area contributed by atoms with E-state index < -0.39 is 0 Å². The fraction of sp³-hybridized carbons (Fsp3) is 0.625. The Kier molecular flexibility index (Phi) is 5.39. The number of fused-ring (bicyclic) bond motifs is 1. The molecule has 0 aromatic carbocycles. The van der Waals surface area contributed by atoms with E-state index in [1.165, 1.54) is 32.1 Å². The van der Waals surface area contributed by atoms with Gasteiger partial charge in [-0.2, -0.15) is 5.10 Å². The Morgan fingerprint density at radius 2 is 2.00 bits per heavy atom. The van der Waals surface area contributed by atoms with Crippen LogP contribution in [0.25, 0.3) is 5.52 Å². The zero-order chi connectivity index (χ0) is 14.4. The average molecular weight is 274 g/mol. The third-order valence-electron chi connectivity index (χ3n) is 3.51. The van der Waals surface area contributed by atoms with Crippen LogP contribution in [0.3, 0.4) is 0 Å². The molecule has 0 unspecified atom stereocenters. The van der Waals surface area contributed by atoms with Gasteiger partial charge in [-0.05, 0) is 25.3 Å². The normalized spacial score (nSPS) is 11.4. The Bertz CT molecular complexity index is 530. The van der Waals surface area contributed by atoms with Crippen molar-refractivity contribution in [1.82, 2.24) is 14.6 Å². The molecule has 0 aliphatic heterocycles. The van der Waals surface area contributed by atoms with E-state index in [0.29, 0.717) is 0 Å². The number of nitrogens with zero attached hydrogens (tertiary/aromatic N) is 3. The van der Waals surface area contributed by atoms with Crippen LogP contribution < -0.4 is 5.32 Å². The first-order valence-corrected chi connectivity index (χ1v) is 7.71. The van der Waals surface area contributed by atoms with Crippen LogP contribution in [-0.4, -0.2) is 21.1 Å². The lowest BCUT2D eigenvalue weighted by Crippen LogP contribution is -2.05. The Labute approximate surface area is 121 Å². The Hall–Kier alpha value is -1.58. The molecule has 4 heteroatoms. The predicted molar refractivity (Wildman–Crippen MR) is 84.1 cm³/mol. The molecular weight excluding hydrogens is 248 g/mol. The zero-order valence-electron chi connectivity index (χ0n) is 12.9. The van der Waals surface area contributed by atoms with Crippen LogP contribution in [0.2, 0.25) is 0 Å². The van der Waals surface area contributed by atoms with Gasteiger partial charge >= 0.3 is 0 Å². The molecule has 0 bridgehead atoms. The van der Waals surface area contributed by atoms with Crippen molar-refractivity contribution in [1.29, 1.82) is 0 Å². The van der Waals surface area contributed by atoms with Gasteiger partial charge in [0.05, 0.1) is 5.69 Å². The van der Waals surface area contributed by atoms with Crippen molar-refractivity contribution >= 4 is 11.3 Å². The molecule has 1 N–H and O–H groups in total. The van der Waals surface area contributed by atoms with Gasteiger partial charge < -0.3 is 5.32 Å². The van der Waals surface area contributed by atoms with E-state index in [9.17, 15) is 0 Å². The first kappa shape index (κ1) is 14.8. The van der Waals surface area contributed by atoms with Crippen LogP contribution in [0.5, 0.6) is 0 Å². The van der Waals surface area contributed by atoms with Crippen molar-refractivity contribution in [3.05, 3.63) is 24.2 Å². The first-order valence-electron chi connectivity index (χ1n) is 7.71. The molecule has 20 heavy (non-hydrogen) atoms. The van der Waals surface area contributed by atoms with Crippen molar-refractivity contribution in [3.8, 4) is 0 Å². The van der Waals surface area contributed by atoms with Crippen LogP contribution in [0.15, 0.2) is 18.5 Å². The molecule has 0 amide bonds. The van der Waals surface area contributed by atoms with Crippen LogP contribution >= 0.6 is 0 Å². The summed E-state index contributed by atoms with van der Waals surface area (Å²) in [7, 11) is 0. The smallest absolute Gasteiger partial charge is 0.152 e. The summed E-state index contributed by atoms with van der Waals surface area (Å²) in [6.07, 6.45) is 10.2. The van der Waals surface area contributed by atoms with Crippen molar-refractivity contribution in [2.75, 3.05) is 11.9 Å². The molecule has 4 nitrogen and oxygen atoms in total. The Morgan fingerprint density at radius 1 is 1.20 bits per heavy atom. The van der Waals surface area contributed by atoms with Gasteiger partial charge in [0.2, 0.25) is 0 Å². The molecule has 0 aliphatic rings. The van der Waals surface area contributed by atoms with Crippen molar-refractivity contribution < 1.29 is 0 Å². The second-order valence-corrected chi connectivity index (χ2v) is 5.91. The maximum atomic E-state index is 4.41. The molecule has 0 spiro atoms. The van der Waals surface area contributed by atoms with Gasteiger partial charge in [0.15, 0.2) is 5.82 Å². The highest BCUT2D eigenvalue weighted by Gasteiger charge is 2.04. The molecule has 0 radical (unpaired) electrons. The lowest BCUT2D eigenvalue weighted by Gasteiger charge is -2.07. The molecule has 0 saturated heterocycles. The minimum Gasteiger partial charge on any atom is -0.368 e. The van der Waals surface area contributed by atoms with Crippen molar-refractivity contribution in [3.63, 3.8) is 0 Å². The summed E-state index contributed by atoms with van der Waals surface area (Å²) in [6, 6.07) is 2.07. The van der Waals surface area contributed by atoms with E-state index in [2.05, 4.69) is 35.3 Å². The van der Waals surface area contributed by atoms with Crippen LogP contribution in [0.4, 0.5) is 5.82 Å². The summed E-state index contributed by atoms with van der Waals surface area (Å²) in [4.78, 5) is 4.41. The van der Waals surface area contributed by atoms with Crippen LogP contribution in [-0.2, 0) is 0 Å². The summed E-state index contributed by atoms with van der Waals surface area (Å²) in [5, 5.41) is 7.82. The highest BCUT2D eigenvalue weighted by atomic mass is 15.2. The van der Waals surface area contributed by atoms with Crippen molar-refractivity contribution in [2.24, 2.45) is 5.92 Å². The lowest BCUT2D eigenvalue weighted by molar-refractivity contribution is 0.523. The summed E-state index contributed by atoms with van der Waals surface area (Å²) in [5.41, 5.74) is 2.08. The van der Waals surface area contributed by atoms with E-state index in [0.717, 1.165) is 29.5 Å². The van der Waals surface area contributed by atoms with E-state index in [1.54, 1.807) is 6.20 Å². The molecule has 0 atom stereocenters. The number of nitrogens with one attached hydrogen (secondary N) is 1. The molecule has 110 valence electrons. The Morgan fingerprint density at radius 3 is 2.80 bits per heavy atom. The molecule has 0 aliphatic carbocycles. The van der Waals surface area contributed by atoms with Gasteiger partial charge in [0.1, 0.15) is 5.52 Å². The summed E-state index contributed by atoms with van der Waals surface area (Å²) < 4.78 is 1.88. The SMILES string of the molecule is Cc1cc2c(NCCCCCCC(C)C)nccn2n1. The molecule has 0 saturated carbocycles. The second kappa shape index (κ2) is 7.27. The number of unbranched alkanes of at least 4 members (excludes halogenated alkanes) is 3. The van der Waals surface area contributed by atoms with E-state index >= 15 is 0 Å². The molecule has 0 fully saturated rings. The molecule has 2 heterocycles. The zero-order valence-corrected chi connectivity index (χ0v) is 12.9. The highest BCUT2D eigenvalue weighted by Crippen LogP contribution is 2.15. The maximum absolute atomic E-state index is 4.41. The predicted octanol–water partition coefficient (Wildman–Crippen LogP) is 4.06. The monoisotopic (exact) mass is 274 g/mol. The van der Waals surface area contributed by atoms with Gasteiger partial charge in [-0.1, -0.05) is 39.5 Å². The lowest BCUT2D eigenvalue weighted by atomic mass is 10.0. The fourth-order valence-electron chi connectivity index (χ4n) is 2.42. The second-order valence-electron chi connectivity index (χ2n) is 5.91. The summed E-state index contributed by atoms with van der Waals surface area (Å²) >= 11 is 0. The largest absolute Gasteiger partial charge is 0.368 e. The van der Waals surface area contributed by atoms with Crippen LogP contribution in [0.1, 0.15) is 51.6 Å². The molecule has 2 aromatic heterocycles. The number of hydrogen-bond donors (Lipinski definition) is 1. The van der Waals surface area contributed by atoms with Crippen molar-refractivity contribution in [2.45, 2.75) is 52.9 Å². The number of hydrogen-bond acceptors (Lipinski definition) is 3. The summed E-state index contributed by atoms with van der Waals surface area (Å²) in [6.45, 7) is 7.58. The first-order chi connectivity index (χ1) is 9.66. The summed E-state index contributed by atoms with van der Waals surface area (Å²) in [5.74, 6) is 1.77. The van der Waals surface area contributed by atoms with Gasteiger partial charge in [-0.25, -0.2) is 9.50 Å². The minimum absolute atomic E-state index is 0.833.